The summed E-state index contributed by atoms with van der Waals surface area (Å²) < 4.78 is 1.89. The van der Waals surface area contributed by atoms with Crippen molar-refractivity contribution >= 4 is 23.2 Å². The van der Waals surface area contributed by atoms with E-state index in [2.05, 4.69) is 5.10 Å². The van der Waals surface area contributed by atoms with Gasteiger partial charge < -0.3 is 4.90 Å². The Morgan fingerprint density at radius 2 is 2.04 bits per heavy atom. The van der Waals surface area contributed by atoms with Crippen molar-refractivity contribution < 1.29 is 9.72 Å². The molecule has 7 nitrogen and oxygen atoms in total. The predicted octanol–water partition coefficient (Wildman–Crippen LogP) is 2.92. The maximum atomic E-state index is 12.7. The number of carbonyl (C=O) groups is 1. The van der Waals surface area contributed by atoms with Gasteiger partial charge in [-0.2, -0.15) is 5.10 Å². The second-order valence-electron chi connectivity index (χ2n) is 5.40. The van der Waals surface area contributed by atoms with E-state index in [1.54, 1.807) is 11.1 Å². The number of rotatable bonds is 3. The van der Waals surface area contributed by atoms with Gasteiger partial charge in [-0.1, -0.05) is 17.7 Å². The normalized spacial score (nSPS) is 15.6. The maximum Gasteiger partial charge on any atom is 0.283 e. The van der Waals surface area contributed by atoms with Gasteiger partial charge >= 0.3 is 0 Å². The first-order chi connectivity index (χ1) is 11.1. The number of nitro groups is 1. The van der Waals surface area contributed by atoms with Crippen LogP contribution in [0.1, 0.15) is 29.2 Å². The van der Waals surface area contributed by atoms with Gasteiger partial charge in [-0.3, -0.25) is 19.6 Å². The summed E-state index contributed by atoms with van der Waals surface area (Å²) in [6.45, 7) is 1.04. The van der Waals surface area contributed by atoms with E-state index < -0.39 is 4.92 Å². The molecule has 120 valence electrons. The summed E-state index contributed by atoms with van der Waals surface area (Å²) in [6, 6.07) is 6.38. The Bertz CT molecular complexity index is 724. The van der Waals surface area contributed by atoms with Crippen LogP contribution in [-0.4, -0.2) is 38.6 Å². The number of hydrogen-bond donors (Lipinski definition) is 0. The van der Waals surface area contributed by atoms with Crippen LogP contribution in [0.2, 0.25) is 5.02 Å². The molecule has 1 aromatic heterocycles. The number of halogens is 1. The van der Waals surface area contributed by atoms with E-state index in [0.29, 0.717) is 13.1 Å². The molecule has 0 bridgehead atoms. The lowest BCUT2D eigenvalue weighted by Gasteiger charge is -2.32. The second-order valence-corrected chi connectivity index (χ2v) is 5.81. The number of benzene rings is 1. The van der Waals surface area contributed by atoms with Crippen molar-refractivity contribution in [1.29, 1.82) is 0 Å². The predicted molar refractivity (Wildman–Crippen MR) is 84.5 cm³/mol. The highest BCUT2D eigenvalue weighted by atomic mass is 35.5. The minimum atomic E-state index is -0.574. The highest BCUT2D eigenvalue weighted by molar-refractivity contribution is 6.34. The maximum absolute atomic E-state index is 12.7. The van der Waals surface area contributed by atoms with Crippen molar-refractivity contribution in [3.63, 3.8) is 0 Å². The van der Waals surface area contributed by atoms with E-state index >= 15 is 0 Å². The zero-order valence-electron chi connectivity index (χ0n) is 12.3. The Hall–Kier alpha value is -2.41. The summed E-state index contributed by atoms with van der Waals surface area (Å²) in [7, 11) is 0. The van der Waals surface area contributed by atoms with E-state index in [1.807, 2.05) is 16.9 Å². The van der Waals surface area contributed by atoms with Crippen molar-refractivity contribution in [2.45, 2.75) is 18.9 Å². The molecule has 2 heterocycles. The largest absolute Gasteiger partial charge is 0.338 e. The average Bonchev–Trinajstić information content (AvgIpc) is 3.08. The van der Waals surface area contributed by atoms with Crippen LogP contribution in [0.3, 0.4) is 0 Å². The fraction of sp³-hybridized carbons (Fsp3) is 0.333. The van der Waals surface area contributed by atoms with Crippen LogP contribution in [0.5, 0.6) is 0 Å². The molecule has 0 radical (unpaired) electrons. The smallest absolute Gasteiger partial charge is 0.283 e. The molecule has 8 heteroatoms. The lowest BCUT2D eigenvalue weighted by molar-refractivity contribution is -0.385. The Morgan fingerprint density at radius 3 is 2.65 bits per heavy atom. The zero-order valence-corrected chi connectivity index (χ0v) is 13.0. The fourth-order valence-corrected chi connectivity index (χ4v) is 3.12. The molecule has 0 unspecified atom stereocenters. The van der Waals surface area contributed by atoms with Crippen LogP contribution in [0.25, 0.3) is 0 Å². The molecule has 0 N–H and O–H groups in total. The third-order valence-corrected chi connectivity index (χ3v) is 4.37. The van der Waals surface area contributed by atoms with Crippen molar-refractivity contribution in [2.75, 3.05) is 13.1 Å². The molecule has 1 aromatic carbocycles. The quantitative estimate of drug-likeness (QED) is 0.638. The monoisotopic (exact) mass is 334 g/mol. The lowest BCUT2D eigenvalue weighted by atomic mass is 10.0. The molecule has 23 heavy (non-hydrogen) atoms. The number of hydrogen-bond acceptors (Lipinski definition) is 4. The van der Waals surface area contributed by atoms with Crippen LogP contribution in [0.15, 0.2) is 36.7 Å². The summed E-state index contributed by atoms with van der Waals surface area (Å²) in [6.07, 6.45) is 5.14. The van der Waals surface area contributed by atoms with Crippen LogP contribution < -0.4 is 0 Å². The van der Waals surface area contributed by atoms with E-state index in [4.69, 9.17) is 11.6 Å². The molecule has 1 saturated heterocycles. The van der Waals surface area contributed by atoms with Gasteiger partial charge in [-0.05, 0) is 25.0 Å². The molecule has 0 saturated carbocycles. The van der Waals surface area contributed by atoms with Gasteiger partial charge in [0.1, 0.15) is 5.56 Å². The van der Waals surface area contributed by atoms with Gasteiger partial charge in [0.15, 0.2) is 0 Å². The Kier molecular flexibility index (Phi) is 4.29. The molecule has 0 atom stereocenters. The van der Waals surface area contributed by atoms with Gasteiger partial charge in [0.2, 0.25) is 0 Å². The number of carbonyl (C=O) groups excluding carboxylic acids is 1. The van der Waals surface area contributed by atoms with Crippen molar-refractivity contribution in [3.05, 3.63) is 57.4 Å². The van der Waals surface area contributed by atoms with Crippen molar-refractivity contribution in [3.8, 4) is 0 Å². The van der Waals surface area contributed by atoms with E-state index in [0.717, 1.165) is 12.8 Å². The summed E-state index contributed by atoms with van der Waals surface area (Å²) in [4.78, 5) is 24.8. The van der Waals surface area contributed by atoms with E-state index in [9.17, 15) is 14.9 Å². The van der Waals surface area contributed by atoms with Gasteiger partial charge in [-0.15, -0.1) is 0 Å². The standard InChI is InChI=1S/C15H15ClN4O3/c16-12-3-1-4-13(20(22)23)14(12)15(21)18-9-5-11(6-10-18)19-8-2-7-17-19/h1-4,7-8,11H,5-6,9-10H2. The zero-order chi connectivity index (χ0) is 16.4. The Labute approximate surface area is 137 Å². The minimum Gasteiger partial charge on any atom is -0.338 e. The van der Waals surface area contributed by atoms with Gasteiger partial charge in [0.25, 0.3) is 11.6 Å². The SMILES string of the molecule is O=C(c1c(Cl)cccc1[N+](=O)[O-])N1CCC(n2cccn2)CC1. The molecule has 0 aliphatic carbocycles. The molecular formula is C15H15ClN4O3. The molecule has 2 aromatic rings. The number of amides is 1. The molecule has 1 fully saturated rings. The summed E-state index contributed by atoms with van der Waals surface area (Å²) in [5.41, 5.74) is -0.284. The molecule has 1 amide bonds. The highest BCUT2D eigenvalue weighted by Crippen LogP contribution is 2.30. The van der Waals surface area contributed by atoms with Crippen LogP contribution >= 0.6 is 11.6 Å². The van der Waals surface area contributed by atoms with Crippen LogP contribution in [0, 0.1) is 10.1 Å². The average molecular weight is 335 g/mol. The van der Waals surface area contributed by atoms with Gasteiger partial charge in [-0.25, -0.2) is 0 Å². The number of aromatic nitrogens is 2. The number of piperidine rings is 1. The van der Waals surface area contributed by atoms with Gasteiger partial charge in [0, 0.05) is 31.5 Å². The summed E-state index contributed by atoms with van der Waals surface area (Å²) in [5, 5.41) is 15.5. The molecule has 1 aliphatic heterocycles. The summed E-state index contributed by atoms with van der Waals surface area (Å²) >= 11 is 6.03. The number of nitro benzene ring substituents is 1. The third-order valence-electron chi connectivity index (χ3n) is 4.05. The lowest BCUT2D eigenvalue weighted by Crippen LogP contribution is -2.39. The fourth-order valence-electron chi connectivity index (χ4n) is 2.86. The van der Waals surface area contributed by atoms with E-state index in [-0.39, 0.29) is 28.2 Å². The molecular weight excluding hydrogens is 320 g/mol. The number of likely N-dealkylation sites (tertiary alicyclic amines) is 1. The first-order valence-electron chi connectivity index (χ1n) is 7.29. The van der Waals surface area contributed by atoms with Gasteiger partial charge in [0.05, 0.1) is 16.0 Å². The highest BCUT2D eigenvalue weighted by Gasteiger charge is 2.30. The molecule has 3 rings (SSSR count). The van der Waals surface area contributed by atoms with Crippen LogP contribution in [-0.2, 0) is 0 Å². The van der Waals surface area contributed by atoms with E-state index in [1.165, 1.54) is 18.2 Å². The second kappa shape index (κ2) is 6.37. The topological polar surface area (TPSA) is 81.3 Å². The summed E-state index contributed by atoms with van der Waals surface area (Å²) in [5.74, 6) is -0.388. The molecule has 1 aliphatic rings. The Balaban J connectivity index is 1.77. The Morgan fingerprint density at radius 1 is 1.30 bits per heavy atom. The first kappa shape index (κ1) is 15.5. The van der Waals surface area contributed by atoms with Crippen LogP contribution in [0.4, 0.5) is 5.69 Å². The first-order valence-corrected chi connectivity index (χ1v) is 7.67. The number of nitrogens with zero attached hydrogens (tertiary/aromatic N) is 4. The molecule has 0 spiro atoms. The van der Waals surface area contributed by atoms with Crippen molar-refractivity contribution in [1.82, 2.24) is 14.7 Å². The third kappa shape index (κ3) is 3.05. The minimum absolute atomic E-state index is 0.0308. The van der Waals surface area contributed by atoms with Crippen molar-refractivity contribution in [2.24, 2.45) is 0 Å².